The molecule has 2 N–H and O–H groups in total. The quantitative estimate of drug-likeness (QED) is 0.488. The number of rotatable bonds is 6. The molecule has 2 heterocycles. The first kappa shape index (κ1) is 19.8. The molecular weight excluding hydrogens is 400 g/mol. The number of hydrogen-bond donors (Lipinski definition) is 2. The second-order valence-corrected chi connectivity index (χ2v) is 8.69. The molecule has 0 aliphatic carbocycles. The largest absolute Gasteiger partial charge is 0.497 e. The van der Waals surface area contributed by atoms with Gasteiger partial charge in [0.1, 0.15) is 11.4 Å². The molecule has 0 unspecified atom stereocenters. The molecule has 0 radical (unpaired) electrons. The van der Waals surface area contributed by atoms with Gasteiger partial charge in [0.05, 0.1) is 23.1 Å². The van der Waals surface area contributed by atoms with Crippen LogP contribution in [0.2, 0.25) is 0 Å². The van der Waals surface area contributed by atoms with Gasteiger partial charge < -0.3 is 14.6 Å². The summed E-state index contributed by atoms with van der Waals surface area (Å²) in [6, 6.07) is 16.0. The smallest absolute Gasteiger partial charge is 0.261 e. The van der Waals surface area contributed by atoms with Gasteiger partial charge in [-0.05, 0) is 48.0 Å². The number of sulfonamides is 1. The highest BCUT2D eigenvalue weighted by molar-refractivity contribution is 7.92. The summed E-state index contributed by atoms with van der Waals surface area (Å²) in [6.45, 7) is 0. The normalized spacial score (nSPS) is 11.4. The number of nitrogens with one attached hydrogen (secondary N) is 2. The Kier molecular flexibility index (Phi) is 5.09. The van der Waals surface area contributed by atoms with Crippen LogP contribution in [0.4, 0.5) is 11.4 Å². The highest BCUT2D eigenvalue weighted by atomic mass is 32.2. The van der Waals surface area contributed by atoms with Crippen molar-refractivity contribution in [1.29, 1.82) is 0 Å². The monoisotopic (exact) mass is 422 g/mol. The Bertz CT molecular complexity index is 1300. The Hall–Kier alpha value is -3.52. The highest BCUT2D eigenvalue weighted by Crippen LogP contribution is 2.35. The molecule has 0 atom stereocenters. The summed E-state index contributed by atoms with van der Waals surface area (Å²) < 4.78 is 33.8. The molecule has 7 nitrogen and oxygen atoms in total. The molecule has 2 aromatic heterocycles. The molecule has 0 aliphatic heterocycles. The van der Waals surface area contributed by atoms with Crippen LogP contribution in [-0.2, 0) is 10.0 Å². The third kappa shape index (κ3) is 3.69. The molecule has 8 heteroatoms. The van der Waals surface area contributed by atoms with Gasteiger partial charge in [-0.1, -0.05) is 12.1 Å². The second-order valence-electron chi connectivity index (χ2n) is 7.01. The van der Waals surface area contributed by atoms with Crippen molar-refractivity contribution < 1.29 is 13.2 Å². The fraction of sp³-hybridized carbons (Fsp3) is 0.136. The number of pyridine rings is 1. The summed E-state index contributed by atoms with van der Waals surface area (Å²) in [5.74, 6) is 0.592. The number of aromatic amines is 1. The maximum atomic E-state index is 13.0. The Morgan fingerprint density at radius 2 is 1.83 bits per heavy atom. The van der Waals surface area contributed by atoms with Gasteiger partial charge in [0.2, 0.25) is 0 Å². The minimum atomic E-state index is -3.78. The molecule has 154 valence electrons. The first-order chi connectivity index (χ1) is 14.4. The van der Waals surface area contributed by atoms with Gasteiger partial charge in [-0.15, -0.1) is 0 Å². The van der Waals surface area contributed by atoms with E-state index in [0.29, 0.717) is 22.5 Å². The van der Waals surface area contributed by atoms with Gasteiger partial charge in [-0.3, -0.25) is 4.72 Å². The van der Waals surface area contributed by atoms with E-state index in [1.54, 1.807) is 24.4 Å². The zero-order chi connectivity index (χ0) is 21.3. The van der Waals surface area contributed by atoms with Crippen molar-refractivity contribution in [1.82, 2.24) is 9.97 Å². The van der Waals surface area contributed by atoms with Crippen molar-refractivity contribution in [3.63, 3.8) is 0 Å². The lowest BCUT2D eigenvalue weighted by atomic mass is 10.0. The van der Waals surface area contributed by atoms with Crippen LogP contribution in [0.1, 0.15) is 0 Å². The lowest BCUT2D eigenvalue weighted by molar-refractivity contribution is 0.414. The van der Waals surface area contributed by atoms with Gasteiger partial charge >= 0.3 is 0 Å². The minimum Gasteiger partial charge on any atom is -0.497 e. The lowest BCUT2D eigenvalue weighted by Crippen LogP contribution is -2.13. The molecule has 0 fully saturated rings. The van der Waals surface area contributed by atoms with Crippen molar-refractivity contribution in [3.8, 4) is 16.9 Å². The fourth-order valence-corrected chi connectivity index (χ4v) is 4.35. The van der Waals surface area contributed by atoms with E-state index in [2.05, 4.69) is 20.8 Å². The number of benzene rings is 2. The van der Waals surface area contributed by atoms with Gasteiger partial charge in [0, 0.05) is 37.7 Å². The number of H-pyrrole nitrogens is 1. The van der Waals surface area contributed by atoms with Crippen molar-refractivity contribution in [2.75, 3.05) is 30.8 Å². The number of aromatic nitrogens is 2. The van der Waals surface area contributed by atoms with Crippen LogP contribution in [0, 0.1) is 0 Å². The maximum Gasteiger partial charge on any atom is 0.261 e. The zero-order valence-electron chi connectivity index (χ0n) is 16.9. The number of fused-ring (bicyclic) bond motifs is 1. The topological polar surface area (TPSA) is 87.3 Å². The molecule has 0 amide bonds. The Balaban J connectivity index is 1.78. The van der Waals surface area contributed by atoms with E-state index in [1.807, 2.05) is 43.4 Å². The average molecular weight is 423 g/mol. The van der Waals surface area contributed by atoms with Gasteiger partial charge in [-0.2, -0.15) is 0 Å². The van der Waals surface area contributed by atoms with E-state index in [0.717, 1.165) is 16.8 Å². The van der Waals surface area contributed by atoms with E-state index in [-0.39, 0.29) is 4.90 Å². The molecule has 0 spiro atoms. The number of anilines is 2. The molecule has 2 aromatic carbocycles. The minimum absolute atomic E-state index is 0.153. The molecule has 4 aromatic rings. The van der Waals surface area contributed by atoms with E-state index in [9.17, 15) is 8.42 Å². The summed E-state index contributed by atoms with van der Waals surface area (Å²) >= 11 is 0. The number of ether oxygens (including phenoxy) is 1. The Morgan fingerprint density at radius 3 is 2.53 bits per heavy atom. The summed E-state index contributed by atoms with van der Waals surface area (Å²) in [7, 11) is 1.71. The Morgan fingerprint density at radius 1 is 1.07 bits per heavy atom. The SMILES string of the molecule is COc1ccc(S(=O)(=O)Nc2ccnc3[nH]cc(-c4cccc(N(C)C)c4)c23)cc1. The third-order valence-electron chi connectivity index (χ3n) is 4.86. The predicted molar refractivity (Wildman–Crippen MR) is 120 cm³/mol. The van der Waals surface area contributed by atoms with E-state index in [4.69, 9.17) is 4.74 Å². The number of hydrogen-bond acceptors (Lipinski definition) is 5. The van der Waals surface area contributed by atoms with E-state index < -0.39 is 10.0 Å². The summed E-state index contributed by atoms with van der Waals surface area (Å²) in [4.78, 5) is 9.66. The summed E-state index contributed by atoms with van der Waals surface area (Å²) in [6.07, 6.45) is 3.42. The first-order valence-corrected chi connectivity index (χ1v) is 10.8. The fourth-order valence-electron chi connectivity index (χ4n) is 3.28. The second kappa shape index (κ2) is 7.72. The molecule has 0 saturated carbocycles. The molecule has 0 bridgehead atoms. The number of nitrogens with zero attached hydrogens (tertiary/aromatic N) is 2. The van der Waals surface area contributed by atoms with Crippen LogP contribution in [0.5, 0.6) is 5.75 Å². The average Bonchev–Trinajstić information content (AvgIpc) is 3.19. The van der Waals surface area contributed by atoms with Crippen LogP contribution in [0.15, 0.2) is 71.9 Å². The Labute approximate surface area is 175 Å². The van der Waals surface area contributed by atoms with E-state index >= 15 is 0 Å². The van der Waals surface area contributed by atoms with Crippen molar-refractivity contribution in [3.05, 3.63) is 67.0 Å². The van der Waals surface area contributed by atoms with Gasteiger partial charge in [0.25, 0.3) is 10.0 Å². The van der Waals surface area contributed by atoms with Crippen molar-refractivity contribution >= 4 is 32.4 Å². The van der Waals surface area contributed by atoms with Gasteiger partial charge in [0.15, 0.2) is 0 Å². The third-order valence-corrected chi connectivity index (χ3v) is 6.24. The first-order valence-electron chi connectivity index (χ1n) is 9.30. The highest BCUT2D eigenvalue weighted by Gasteiger charge is 2.19. The molecule has 4 rings (SSSR count). The molecule has 0 saturated heterocycles. The zero-order valence-corrected chi connectivity index (χ0v) is 17.7. The molecular formula is C22H22N4O3S. The molecule has 0 aliphatic rings. The standard InChI is InChI=1S/C22H22N4O3S/c1-26(2)16-6-4-5-15(13-16)19-14-24-22-21(19)20(11-12-23-22)25-30(27,28)18-9-7-17(29-3)8-10-18/h4-14H,1-3H3,(H2,23,24,25). The predicted octanol–water partition coefficient (Wildman–Crippen LogP) is 4.11. The maximum absolute atomic E-state index is 13.0. The summed E-state index contributed by atoms with van der Waals surface area (Å²) in [5.41, 5.74) is 3.95. The lowest BCUT2D eigenvalue weighted by Gasteiger charge is -2.14. The molecule has 30 heavy (non-hydrogen) atoms. The van der Waals surface area contributed by atoms with Crippen molar-refractivity contribution in [2.45, 2.75) is 4.90 Å². The van der Waals surface area contributed by atoms with Crippen LogP contribution < -0.4 is 14.4 Å². The van der Waals surface area contributed by atoms with Crippen LogP contribution >= 0.6 is 0 Å². The van der Waals surface area contributed by atoms with Crippen LogP contribution in [0.25, 0.3) is 22.2 Å². The van der Waals surface area contributed by atoms with Crippen molar-refractivity contribution in [2.24, 2.45) is 0 Å². The van der Waals surface area contributed by atoms with E-state index in [1.165, 1.54) is 19.2 Å². The van der Waals surface area contributed by atoms with Crippen LogP contribution in [-0.4, -0.2) is 39.6 Å². The van der Waals surface area contributed by atoms with Gasteiger partial charge in [-0.25, -0.2) is 13.4 Å². The number of methoxy groups -OCH3 is 1. The summed E-state index contributed by atoms with van der Waals surface area (Å²) in [5, 5.41) is 0.713. The van der Waals surface area contributed by atoms with Crippen LogP contribution in [0.3, 0.4) is 0 Å².